The minimum Gasteiger partial charge on any atom is -0.496 e. The van der Waals surface area contributed by atoms with Crippen LogP contribution in [0.1, 0.15) is 24.4 Å². The van der Waals surface area contributed by atoms with Gasteiger partial charge >= 0.3 is 0 Å². The molecular weight excluding hydrogens is 262 g/mol. The standard InChI is InChI=1S/C14H21NO3S/c1-17-14-5-3-2-4-12(14)13(15)10-19(16)11-6-8-18-9-7-11/h2-5,11,13H,6-10,15H2,1H3. The maximum absolute atomic E-state index is 12.3. The molecule has 2 atom stereocenters. The molecular formula is C14H21NO3S. The highest BCUT2D eigenvalue weighted by atomic mass is 32.2. The van der Waals surface area contributed by atoms with E-state index in [1.807, 2.05) is 24.3 Å². The van der Waals surface area contributed by atoms with E-state index < -0.39 is 10.8 Å². The summed E-state index contributed by atoms with van der Waals surface area (Å²) in [4.78, 5) is 0. The van der Waals surface area contributed by atoms with Crippen molar-refractivity contribution in [3.63, 3.8) is 0 Å². The highest BCUT2D eigenvalue weighted by Crippen LogP contribution is 2.25. The molecule has 1 heterocycles. The molecule has 4 nitrogen and oxygen atoms in total. The van der Waals surface area contributed by atoms with Gasteiger partial charge in [0, 0.05) is 46.6 Å². The minimum absolute atomic E-state index is 0.217. The highest BCUT2D eigenvalue weighted by molar-refractivity contribution is 7.85. The second-order valence-corrected chi connectivity index (χ2v) is 6.47. The predicted molar refractivity (Wildman–Crippen MR) is 76.8 cm³/mol. The molecule has 0 bridgehead atoms. The van der Waals surface area contributed by atoms with E-state index in [9.17, 15) is 4.21 Å². The third-order valence-electron chi connectivity index (χ3n) is 3.42. The molecule has 1 aromatic carbocycles. The van der Waals surface area contributed by atoms with Crippen LogP contribution in [0.3, 0.4) is 0 Å². The number of rotatable bonds is 5. The maximum Gasteiger partial charge on any atom is 0.123 e. The first kappa shape index (κ1) is 14.5. The van der Waals surface area contributed by atoms with Crippen LogP contribution in [0, 0.1) is 0 Å². The molecule has 1 aromatic rings. The molecule has 1 aliphatic rings. The fourth-order valence-electron chi connectivity index (χ4n) is 2.31. The number of hydrogen-bond donors (Lipinski definition) is 1. The van der Waals surface area contributed by atoms with Crippen LogP contribution >= 0.6 is 0 Å². The molecule has 0 aliphatic carbocycles. The van der Waals surface area contributed by atoms with Crippen molar-refractivity contribution in [3.8, 4) is 5.75 Å². The monoisotopic (exact) mass is 283 g/mol. The third-order valence-corrected chi connectivity index (χ3v) is 5.32. The van der Waals surface area contributed by atoms with E-state index in [2.05, 4.69) is 0 Å². The molecule has 2 rings (SSSR count). The Kier molecular flexibility index (Phi) is 5.36. The Balaban J connectivity index is 1.99. The Morgan fingerprint density at radius 1 is 1.42 bits per heavy atom. The van der Waals surface area contributed by atoms with Crippen LogP contribution in [-0.4, -0.2) is 35.5 Å². The van der Waals surface area contributed by atoms with Gasteiger partial charge in [-0.2, -0.15) is 0 Å². The van der Waals surface area contributed by atoms with Crippen molar-refractivity contribution >= 4 is 10.8 Å². The molecule has 2 unspecified atom stereocenters. The minimum atomic E-state index is -0.908. The van der Waals surface area contributed by atoms with Gasteiger partial charge in [0.05, 0.1) is 7.11 Å². The summed E-state index contributed by atoms with van der Waals surface area (Å²) in [5.74, 6) is 1.24. The van der Waals surface area contributed by atoms with Crippen LogP contribution < -0.4 is 10.5 Å². The molecule has 1 saturated heterocycles. The zero-order valence-corrected chi connectivity index (χ0v) is 12.0. The van der Waals surface area contributed by atoms with Gasteiger partial charge in [-0.3, -0.25) is 4.21 Å². The van der Waals surface area contributed by atoms with Crippen molar-refractivity contribution in [2.75, 3.05) is 26.1 Å². The van der Waals surface area contributed by atoms with Crippen molar-refractivity contribution in [2.24, 2.45) is 5.73 Å². The van der Waals surface area contributed by atoms with Gasteiger partial charge < -0.3 is 15.2 Å². The topological polar surface area (TPSA) is 61.5 Å². The molecule has 5 heteroatoms. The summed E-state index contributed by atoms with van der Waals surface area (Å²) >= 11 is 0. The van der Waals surface area contributed by atoms with Gasteiger partial charge in [-0.15, -0.1) is 0 Å². The summed E-state index contributed by atoms with van der Waals surface area (Å²) in [6, 6.07) is 7.40. The number of ether oxygens (including phenoxy) is 2. The van der Waals surface area contributed by atoms with Gasteiger partial charge in [0.15, 0.2) is 0 Å². The predicted octanol–water partition coefficient (Wildman–Crippen LogP) is 1.62. The molecule has 106 valence electrons. The van der Waals surface area contributed by atoms with Crippen molar-refractivity contribution in [3.05, 3.63) is 29.8 Å². The third kappa shape index (κ3) is 3.78. The van der Waals surface area contributed by atoms with Crippen LogP contribution in [0.25, 0.3) is 0 Å². The van der Waals surface area contributed by atoms with Crippen LogP contribution in [0.5, 0.6) is 5.75 Å². The van der Waals surface area contributed by atoms with E-state index in [0.29, 0.717) is 19.0 Å². The molecule has 0 radical (unpaired) electrons. The second-order valence-electron chi connectivity index (χ2n) is 4.71. The van der Waals surface area contributed by atoms with Crippen LogP contribution in [-0.2, 0) is 15.5 Å². The average molecular weight is 283 g/mol. The van der Waals surface area contributed by atoms with Gasteiger partial charge in [0.1, 0.15) is 5.75 Å². The molecule has 0 aromatic heterocycles. The number of methoxy groups -OCH3 is 1. The van der Waals surface area contributed by atoms with E-state index in [4.69, 9.17) is 15.2 Å². The van der Waals surface area contributed by atoms with E-state index in [0.717, 1.165) is 24.2 Å². The number of hydrogen-bond acceptors (Lipinski definition) is 4. The van der Waals surface area contributed by atoms with Crippen molar-refractivity contribution in [1.29, 1.82) is 0 Å². The second kappa shape index (κ2) is 7.03. The normalized spacial score (nSPS) is 19.9. The van der Waals surface area contributed by atoms with Crippen LogP contribution in [0.2, 0.25) is 0 Å². The zero-order valence-electron chi connectivity index (χ0n) is 11.2. The lowest BCUT2D eigenvalue weighted by Crippen LogP contribution is -2.30. The summed E-state index contributed by atoms with van der Waals surface area (Å²) in [6.45, 7) is 1.42. The Morgan fingerprint density at radius 3 is 2.79 bits per heavy atom. The van der Waals surface area contributed by atoms with E-state index in [-0.39, 0.29) is 11.3 Å². The summed E-state index contributed by atoms with van der Waals surface area (Å²) < 4.78 is 22.9. The number of para-hydroxylation sites is 1. The fourth-order valence-corrected chi connectivity index (χ4v) is 3.84. The highest BCUT2D eigenvalue weighted by Gasteiger charge is 2.23. The first-order valence-corrected chi connectivity index (χ1v) is 7.94. The molecule has 0 saturated carbocycles. The quantitative estimate of drug-likeness (QED) is 0.892. The molecule has 0 amide bonds. The van der Waals surface area contributed by atoms with Crippen molar-refractivity contribution in [1.82, 2.24) is 0 Å². The molecule has 0 spiro atoms. The van der Waals surface area contributed by atoms with E-state index >= 15 is 0 Å². The van der Waals surface area contributed by atoms with Crippen molar-refractivity contribution < 1.29 is 13.7 Å². The molecule has 1 aliphatic heterocycles. The Morgan fingerprint density at radius 2 is 2.11 bits per heavy atom. The van der Waals surface area contributed by atoms with Gasteiger partial charge in [0.2, 0.25) is 0 Å². The summed E-state index contributed by atoms with van der Waals surface area (Å²) in [6.07, 6.45) is 1.73. The Labute approximate surface area is 116 Å². The van der Waals surface area contributed by atoms with Gasteiger partial charge in [0.25, 0.3) is 0 Å². The first-order chi connectivity index (χ1) is 9.22. The van der Waals surface area contributed by atoms with Crippen molar-refractivity contribution in [2.45, 2.75) is 24.1 Å². The largest absolute Gasteiger partial charge is 0.496 e. The average Bonchev–Trinajstić information content (AvgIpc) is 2.48. The molecule has 2 N–H and O–H groups in total. The molecule has 19 heavy (non-hydrogen) atoms. The maximum atomic E-state index is 12.3. The van der Waals surface area contributed by atoms with Gasteiger partial charge in [-0.25, -0.2) is 0 Å². The zero-order chi connectivity index (χ0) is 13.7. The SMILES string of the molecule is COc1ccccc1C(N)CS(=O)C1CCOCC1. The first-order valence-electron chi connectivity index (χ1n) is 6.55. The van der Waals surface area contributed by atoms with E-state index in [1.165, 1.54) is 0 Å². The lowest BCUT2D eigenvalue weighted by molar-refractivity contribution is 0.0992. The lowest BCUT2D eigenvalue weighted by Gasteiger charge is -2.23. The van der Waals surface area contributed by atoms with E-state index in [1.54, 1.807) is 7.11 Å². The fraction of sp³-hybridized carbons (Fsp3) is 0.571. The number of nitrogens with two attached hydrogens (primary N) is 1. The summed E-state index contributed by atoms with van der Waals surface area (Å²) in [7, 11) is 0.718. The Hall–Kier alpha value is -0.910. The smallest absolute Gasteiger partial charge is 0.123 e. The number of benzene rings is 1. The van der Waals surface area contributed by atoms with Gasteiger partial charge in [-0.05, 0) is 18.9 Å². The van der Waals surface area contributed by atoms with Crippen LogP contribution in [0.4, 0.5) is 0 Å². The van der Waals surface area contributed by atoms with Gasteiger partial charge in [-0.1, -0.05) is 18.2 Å². The Bertz CT molecular complexity index is 432. The van der Waals surface area contributed by atoms with Crippen LogP contribution in [0.15, 0.2) is 24.3 Å². The molecule has 1 fully saturated rings. The summed E-state index contributed by atoms with van der Waals surface area (Å²) in [5, 5.41) is 0.217. The summed E-state index contributed by atoms with van der Waals surface area (Å²) in [5.41, 5.74) is 7.10. The lowest BCUT2D eigenvalue weighted by atomic mass is 10.1.